The zero-order chi connectivity index (χ0) is 21.8. The maximum absolute atomic E-state index is 13.3. The number of methoxy groups -OCH3 is 1. The molecule has 8 heteroatoms. The lowest BCUT2D eigenvalue weighted by Gasteiger charge is -2.18. The third-order valence-electron chi connectivity index (χ3n) is 5.05. The summed E-state index contributed by atoms with van der Waals surface area (Å²) in [5.74, 6) is 0.658. The second-order valence-corrected chi connectivity index (χ2v) is 8.93. The molecule has 0 spiro atoms. The predicted molar refractivity (Wildman–Crippen MR) is 123 cm³/mol. The predicted octanol–water partition coefficient (Wildman–Crippen LogP) is 4.79. The Morgan fingerprint density at radius 2 is 2.16 bits per heavy atom. The molecule has 0 N–H and O–H groups in total. The van der Waals surface area contributed by atoms with Crippen molar-refractivity contribution in [3.8, 4) is 11.5 Å². The van der Waals surface area contributed by atoms with Crippen LogP contribution in [0.4, 0.5) is 4.39 Å². The van der Waals surface area contributed by atoms with E-state index in [2.05, 4.69) is 0 Å². The third-order valence-corrected chi connectivity index (χ3v) is 6.43. The van der Waals surface area contributed by atoms with Crippen molar-refractivity contribution in [3.05, 3.63) is 64.3 Å². The van der Waals surface area contributed by atoms with Gasteiger partial charge in [-0.1, -0.05) is 42.2 Å². The normalized spacial score (nSPS) is 20.0. The summed E-state index contributed by atoms with van der Waals surface area (Å²) in [5.41, 5.74) is 1.52. The van der Waals surface area contributed by atoms with Gasteiger partial charge < -0.3 is 14.2 Å². The van der Waals surface area contributed by atoms with Crippen molar-refractivity contribution in [2.24, 2.45) is 0 Å². The van der Waals surface area contributed by atoms with Gasteiger partial charge in [-0.3, -0.25) is 9.69 Å². The number of hydrogen-bond donors (Lipinski definition) is 0. The number of halogens is 1. The first kappa shape index (κ1) is 21.8. The van der Waals surface area contributed by atoms with Crippen LogP contribution in [0.1, 0.15) is 24.0 Å². The van der Waals surface area contributed by atoms with Gasteiger partial charge in [-0.15, -0.1) is 0 Å². The number of rotatable bonds is 7. The van der Waals surface area contributed by atoms with Crippen molar-refractivity contribution >= 4 is 40.3 Å². The minimum atomic E-state index is -0.305. The van der Waals surface area contributed by atoms with E-state index >= 15 is 0 Å². The molecule has 31 heavy (non-hydrogen) atoms. The molecule has 2 heterocycles. The molecular formula is C23H22FNO4S2. The summed E-state index contributed by atoms with van der Waals surface area (Å²) in [4.78, 5) is 15.0. The minimum absolute atomic E-state index is 0.0523. The van der Waals surface area contributed by atoms with Crippen LogP contribution < -0.4 is 9.47 Å². The number of thioether (sulfide) groups is 1. The van der Waals surface area contributed by atoms with E-state index in [9.17, 15) is 9.18 Å². The molecule has 1 atom stereocenters. The fourth-order valence-electron chi connectivity index (χ4n) is 3.48. The van der Waals surface area contributed by atoms with Gasteiger partial charge in [0.15, 0.2) is 11.5 Å². The lowest BCUT2D eigenvalue weighted by atomic mass is 10.1. The summed E-state index contributed by atoms with van der Waals surface area (Å²) in [6, 6.07) is 11.7. The molecule has 0 aliphatic carbocycles. The molecule has 0 aromatic heterocycles. The Balaban J connectivity index is 1.46. The Hall–Kier alpha value is -2.42. The van der Waals surface area contributed by atoms with Gasteiger partial charge in [0, 0.05) is 6.61 Å². The monoisotopic (exact) mass is 459 g/mol. The summed E-state index contributed by atoms with van der Waals surface area (Å²) in [7, 11) is 1.55. The first-order chi connectivity index (χ1) is 15.0. The number of carbonyl (C=O) groups is 1. The first-order valence-electron chi connectivity index (χ1n) is 9.96. The zero-order valence-electron chi connectivity index (χ0n) is 17.0. The number of hydrogen-bond acceptors (Lipinski definition) is 6. The number of ether oxygens (including phenoxy) is 3. The lowest BCUT2D eigenvalue weighted by molar-refractivity contribution is -0.123. The van der Waals surface area contributed by atoms with Gasteiger partial charge in [0.05, 0.1) is 24.7 Å². The van der Waals surface area contributed by atoms with Crippen LogP contribution in [0.15, 0.2) is 47.4 Å². The van der Waals surface area contributed by atoms with Crippen molar-refractivity contribution in [2.45, 2.75) is 25.6 Å². The molecule has 0 saturated carbocycles. The van der Waals surface area contributed by atoms with E-state index in [-0.39, 0.29) is 24.4 Å². The quantitative estimate of drug-likeness (QED) is 0.438. The van der Waals surface area contributed by atoms with E-state index in [1.807, 2.05) is 6.07 Å². The zero-order valence-corrected chi connectivity index (χ0v) is 18.6. The molecule has 2 fully saturated rings. The van der Waals surface area contributed by atoms with Crippen LogP contribution in [-0.4, -0.2) is 41.5 Å². The standard InChI is InChI=1S/C23H22FNO4S2/c1-27-20-11-15(7-8-19(20)29-14-16-4-2-5-17(24)10-16)12-21-22(26)25(23(30)31-21)13-18-6-3-9-28-18/h2,4-5,7-8,10-12,18H,3,6,9,13-14H2,1H3/b21-12-/t18-/m1/s1. The number of nitrogens with zero attached hydrogens (tertiary/aromatic N) is 1. The van der Waals surface area contributed by atoms with Crippen LogP contribution in [0.5, 0.6) is 11.5 Å². The van der Waals surface area contributed by atoms with Crippen LogP contribution >= 0.6 is 24.0 Å². The molecule has 0 unspecified atom stereocenters. The Morgan fingerprint density at radius 1 is 1.29 bits per heavy atom. The van der Waals surface area contributed by atoms with E-state index in [1.54, 1.807) is 42.4 Å². The summed E-state index contributed by atoms with van der Waals surface area (Å²) in [6.45, 7) is 1.45. The molecule has 0 radical (unpaired) electrons. The number of benzene rings is 2. The van der Waals surface area contributed by atoms with Crippen molar-refractivity contribution < 1.29 is 23.4 Å². The largest absolute Gasteiger partial charge is 0.493 e. The molecule has 2 aliphatic rings. The summed E-state index contributed by atoms with van der Waals surface area (Å²) >= 11 is 6.70. The smallest absolute Gasteiger partial charge is 0.266 e. The number of carbonyl (C=O) groups excluding carboxylic acids is 1. The van der Waals surface area contributed by atoms with Crippen molar-refractivity contribution in [1.82, 2.24) is 4.90 Å². The Bertz CT molecular complexity index is 1020. The highest BCUT2D eigenvalue weighted by atomic mass is 32.2. The van der Waals surface area contributed by atoms with Crippen molar-refractivity contribution in [3.63, 3.8) is 0 Å². The molecule has 0 bridgehead atoms. The van der Waals surface area contributed by atoms with Gasteiger partial charge >= 0.3 is 0 Å². The van der Waals surface area contributed by atoms with Gasteiger partial charge in [-0.05, 0) is 54.3 Å². The van der Waals surface area contributed by atoms with Crippen LogP contribution in [0.3, 0.4) is 0 Å². The van der Waals surface area contributed by atoms with Crippen LogP contribution in [0.25, 0.3) is 6.08 Å². The highest BCUT2D eigenvalue weighted by Gasteiger charge is 2.34. The summed E-state index contributed by atoms with van der Waals surface area (Å²) in [6.07, 6.45) is 3.82. The minimum Gasteiger partial charge on any atom is -0.493 e. The topological polar surface area (TPSA) is 48.0 Å². The molecule has 2 aromatic carbocycles. The van der Waals surface area contributed by atoms with E-state index in [0.29, 0.717) is 27.3 Å². The summed E-state index contributed by atoms with van der Waals surface area (Å²) < 4.78 is 30.8. The molecule has 2 aliphatic heterocycles. The molecular weight excluding hydrogens is 437 g/mol. The van der Waals surface area contributed by atoms with Crippen LogP contribution in [-0.2, 0) is 16.1 Å². The SMILES string of the molecule is COc1cc(/C=C2\SC(=S)N(C[C@H]3CCCO3)C2=O)ccc1OCc1cccc(F)c1. The van der Waals surface area contributed by atoms with Gasteiger partial charge in [0.25, 0.3) is 5.91 Å². The molecule has 4 rings (SSSR count). The Labute approximate surface area is 190 Å². The number of thiocarbonyl (C=S) groups is 1. The van der Waals surface area contributed by atoms with Gasteiger partial charge in [0.1, 0.15) is 16.7 Å². The number of amides is 1. The first-order valence-corrected chi connectivity index (χ1v) is 11.2. The highest BCUT2D eigenvalue weighted by molar-refractivity contribution is 8.26. The highest BCUT2D eigenvalue weighted by Crippen LogP contribution is 2.35. The van der Waals surface area contributed by atoms with Gasteiger partial charge in [-0.2, -0.15) is 0 Å². The van der Waals surface area contributed by atoms with Gasteiger partial charge in [0.2, 0.25) is 0 Å². The van der Waals surface area contributed by atoms with Crippen molar-refractivity contribution in [2.75, 3.05) is 20.3 Å². The maximum Gasteiger partial charge on any atom is 0.266 e. The Kier molecular flexibility index (Phi) is 6.89. The average Bonchev–Trinajstić information content (AvgIpc) is 3.37. The lowest BCUT2D eigenvalue weighted by Crippen LogP contribution is -2.35. The Morgan fingerprint density at radius 3 is 2.90 bits per heavy atom. The van der Waals surface area contributed by atoms with E-state index < -0.39 is 0 Å². The van der Waals surface area contributed by atoms with Gasteiger partial charge in [-0.25, -0.2) is 4.39 Å². The second-order valence-electron chi connectivity index (χ2n) is 7.26. The average molecular weight is 460 g/mol. The molecule has 2 aromatic rings. The molecule has 162 valence electrons. The third kappa shape index (κ3) is 5.26. The molecule has 1 amide bonds. The fraction of sp³-hybridized carbons (Fsp3) is 0.304. The summed E-state index contributed by atoms with van der Waals surface area (Å²) in [5, 5.41) is 0. The van der Waals surface area contributed by atoms with E-state index in [4.69, 9.17) is 26.4 Å². The van der Waals surface area contributed by atoms with E-state index in [1.165, 1.54) is 23.9 Å². The molecule has 2 saturated heterocycles. The van der Waals surface area contributed by atoms with Crippen molar-refractivity contribution in [1.29, 1.82) is 0 Å². The fourth-order valence-corrected chi connectivity index (χ4v) is 4.76. The van der Waals surface area contributed by atoms with Crippen LogP contribution in [0.2, 0.25) is 0 Å². The molecule has 5 nitrogen and oxygen atoms in total. The van der Waals surface area contributed by atoms with E-state index in [0.717, 1.165) is 30.6 Å². The second kappa shape index (κ2) is 9.80. The van der Waals surface area contributed by atoms with Crippen LogP contribution in [0, 0.1) is 5.82 Å². The maximum atomic E-state index is 13.3.